The van der Waals surface area contributed by atoms with Gasteiger partial charge < -0.3 is 29.6 Å². The number of halogens is 9. The number of nitrogens with zero attached hydrogens (tertiary/aromatic N) is 2. The molecular formula is C48H53B2BrCl2F6N4O12S2. The molecule has 6 aromatic rings. The van der Waals surface area contributed by atoms with Gasteiger partial charge in [0.05, 0.1) is 62.4 Å². The summed E-state index contributed by atoms with van der Waals surface area (Å²) in [4.78, 5) is 29.0. The van der Waals surface area contributed by atoms with Crippen molar-refractivity contribution in [3.63, 3.8) is 0 Å². The lowest BCUT2D eigenvalue weighted by Crippen LogP contribution is -2.41. The van der Waals surface area contributed by atoms with E-state index in [0.29, 0.717) is 27.3 Å². The first-order valence-corrected chi connectivity index (χ1v) is 26.0. The van der Waals surface area contributed by atoms with E-state index in [1.807, 2.05) is 13.8 Å². The van der Waals surface area contributed by atoms with E-state index in [-0.39, 0.29) is 23.5 Å². The summed E-state index contributed by atoms with van der Waals surface area (Å²) in [6.07, 6.45) is -3.86. The van der Waals surface area contributed by atoms with Crippen LogP contribution in [0.25, 0.3) is 11.1 Å². The van der Waals surface area contributed by atoms with Crippen molar-refractivity contribution in [2.75, 3.05) is 14.2 Å². The number of ether oxygens (including phenoxy) is 2. The highest BCUT2D eigenvalue weighted by Crippen LogP contribution is 2.37. The predicted octanol–water partition coefficient (Wildman–Crippen LogP) is 9.43. The fraction of sp³-hybridized carbons (Fsp3) is 0.250. The third-order valence-corrected chi connectivity index (χ3v) is 14.1. The molecule has 4 aromatic carbocycles. The molecule has 16 nitrogen and oxygen atoms in total. The number of rotatable bonds is 12. The number of hydrogen-bond acceptors (Lipinski definition) is 14. The Morgan fingerprint density at radius 2 is 0.987 bits per heavy atom. The molecule has 0 fully saturated rings. The molecule has 0 aliphatic carbocycles. The van der Waals surface area contributed by atoms with Gasteiger partial charge >= 0.3 is 38.3 Å². The van der Waals surface area contributed by atoms with Crippen molar-refractivity contribution in [1.82, 2.24) is 19.4 Å². The van der Waals surface area contributed by atoms with Gasteiger partial charge in [-0.3, -0.25) is 9.97 Å². The first kappa shape index (κ1) is 69.6. The molecule has 6 N–H and O–H groups in total. The number of benzene rings is 4. The van der Waals surface area contributed by atoms with Crippen molar-refractivity contribution in [2.45, 2.75) is 74.8 Å². The van der Waals surface area contributed by atoms with Gasteiger partial charge in [0, 0.05) is 29.3 Å². The summed E-state index contributed by atoms with van der Waals surface area (Å²) in [5, 5.41) is 31.1. The first-order valence-electron chi connectivity index (χ1n) is 21.9. The fourth-order valence-corrected chi connectivity index (χ4v) is 10.1. The number of hydrogen-bond donors (Lipinski definition) is 6. The Bertz CT molecular complexity index is 3120. The van der Waals surface area contributed by atoms with E-state index in [1.54, 1.807) is 68.4 Å². The van der Waals surface area contributed by atoms with Crippen LogP contribution in [0.4, 0.5) is 26.3 Å². The number of methoxy groups -OCH3 is 2. The maximum Gasteiger partial charge on any atom is 0.482 e. The highest BCUT2D eigenvalue weighted by atomic mass is 79.9. The van der Waals surface area contributed by atoms with Crippen LogP contribution in [0.5, 0.6) is 0 Å². The molecule has 0 saturated carbocycles. The second kappa shape index (κ2) is 30.1. The van der Waals surface area contributed by atoms with Crippen molar-refractivity contribution in [2.24, 2.45) is 0 Å². The molecule has 0 bridgehead atoms. The molecular weight excluding hydrogens is 1180 g/mol. The summed E-state index contributed by atoms with van der Waals surface area (Å²) in [5.74, 6) is -1.06. The van der Waals surface area contributed by atoms with Gasteiger partial charge in [-0.05, 0) is 105 Å². The summed E-state index contributed by atoms with van der Waals surface area (Å²) >= 11 is 8.95. The normalized spacial score (nSPS) is 11.4. The summed E-state index contributed by atoms with van der Waals surface area (Å²) in [5.41, 5.74) is -2.13. The molecule has 77 heavy (non-hydrogen) atoms. The number of aromatic nitrogens is 2. The number of pyridine rings is 2. The lowest BCUT2D eigenvalue weighted by molar-refractivity contribution is -0.140. The summed E-state index contributed by atoms with van der Waals surface area (Å²) < 4.78 is 145. The van der Waals surface area contributed by atoms with Gasteiger partial charge in [-0.1, -0.05) is 96.0 Å². The highest BCUT2D eigenvalue weighted by Gasteiger charge is 2.40. The minimum absolute atomic E-state index is 0. The molecule has 0 saturated heterocycles. The zero-order valence-corrected chi connectivity index (χ0v) is 46.8. The maximum absolute atomic E-state index is 13.4. The van der Waals surface area contributed by atoms with Gasteiger partial charge in [0.2, 0.25) is 20.0 Å². The largest absolute Gasteiger partial charge is 0.482 e. The Labute approximate surface area is 462 Å². The fourth-order valence-electron chi connectivity index (χ4n) is 6.28. The van der Waals surface area contributed by atoms with Crippen LogP contribution in [0.3, 0.4) is 0 Å². The zero-order valence-electron chi connectivity index (χ0n) is 42.1. The molecule has 418 valence electrons. The summed E-state index contributed by atoms with van der Waals surface area (Å²) in [6.45, 7) is 10.2. The van der Waals surface area contributed by atoms with Crippen LogP contribution in [-0.4, -0.2) is 87.1 Å². The summed E-state index contributed by atoms with van der Waals surface area (Å²) in [7, 11) is -10.4. The molecule has 0 aliphatic rings. The minimum Gasteiger partial charge on any atom is -0.465 e. The molecule has 0 aliphatic heterocycles. The van der Waals surface area contributed by atoms with Crippen LogP contribution < -0.4 is 9.44 Å². The smallest absolute Gasteiger partial charge is 0.465 e. The van der Waals surface area contributed by atoms with Gasteiger partial charge in [0.1, 0.15) is 0 Å². The SMILES string of the molecule is CC.CC(C)(NS(=O)(=O)c1ccccc1C(F)(F)F)c1cccc(Br)c1.COC(=O)c1cnccc1-c1cccc(C(C)(C)NS(=O)(=O)c2ccccc2C(F)(F)F)c1.COC(=O)c1cnccc1Cl.Cl.OB(O)B(O)O. The van der Waals surface area contributed by atoms with E-state index in [2.05, 4.69) is 40.1 Å². The molecule has 2 aromatic heterocycles. The lowest BCUT2D eigenvalue weighted by Gasteiger charge is -2.28. The molecule has 2 heterocycles. The quantitative estimate of drug-likeness (QED) is 0.0379. The molecule has 0 unspecified atom stereocenters. The van der Waals surface area contributed by atoms with E-state index >= 15 is 0 Å². The molecule has 0 radical (unpaired) electrons. The first-order chi connectivity index (χ1) is 35.2. The van der Waals surface area contributed by atoms with E-state index in [1.165, 1.54) is 71.1 Å². The van der Waals surface area contributed by atoms with Crippen LogP contribution in [0.1, 0.15) is 84.5 Å². The van der Waals surface area contributed by atoms with Gasteiger partial charge in [-0.25, -0.2) is 35.9 Å². The van der Waals surface area contributed by atoms with Crippen LogP contribution >= 0.6 is 39.9 Å². The minimum atomic E-state index is -4.83. The zero-order chi connectivity index (χ0) is 58.0. The number of carbonyl (C=O) groups excluding carboxylic acids is 2. The molecule has 0 amide bonds. The second-order valence-corrected chi connectivity index (χ2v) is 20.8. The topological polar surface area (TPSA) is 252 Å². The molecule has 29 heteroatoms. The van der Waals surface area contributed by atoms with Crippen molar-refractivity contribution in [1.29, 1.82) is 0 Å². The van der Waals surface area contributed by atoms with Crippen LogP contribution in [0.15, 0.2) is 148 Å². The van der Waals surface area contributed by atoms with Crippen LogP contribution in [0, 0.1) is 0 Å². The number of sulfonamides is 2. The van der Waals surface area contributed by atoms with Gasteiger partial charge in [0.15, 0.2) is 0 Å². The van der Waals surface area contributed by atoms with Crippen molar-refractivity contribution < 1.29 is 82.3 Å². The Morgan fingerprint density at radius 3 is 1.39 bits per heavy atom. The van der Waals surface area contributed by atoms with Crippen LogP contribution in [-0.2, 0) is 53.0 Å². The molecule has 0 spiro atoms. The average Bonchev–Trinajstić information content (AvgIpc) is 3.36. The Balaban J connectivity index is 0.000000584. The Morgan fingerprint density at radius 1 is 0.597 bits per heavy atom. The second-order valence-electron chi connectivity index (χ2n) is 16.1. The number of nitrogens with one attached hydrogen (secondary N) is 2. The predicted molar refractivity (Wildman–Crippen MR) is 284 cm³/mol. The van der Waals surface area contributed by atoms with Gasteiger partial charge in [-0.15, -0.1) is 12.4 Å². The lowest BCUT2D eigenvalue weighted by atomic mass is 9.50. The molecule has 6 rings (SSSR count). The van der Waals surface area contributed by atoms with Crippen molar-refractivity contribution in [3.8, 4) is 11.1 Å². The van der Waals surface area contributed by atoms with E-state index in [9.17, 15) is 52.8 Å². The Kier molecular flexibility index (Phi) is 27.2. The van der Waals surface area contributed by atoms with Crippen LogP contribution in [0.2, 0.25) is 5.02 Å². The number of esters is 2. The third kappa shape index (κ3) is 20.7. The van der Waals surface area contributed by atoms with E-state index in [0.717, 1.165) is 40.9 Å². The monoisotopic (exact) mass is 1230 g/mol. The van der Waals surface area contributed by atoms with E-state index in [4.69, 9.17) is 36.4 Å². The van der Waals surface area contributed by atoms with E-state index < -0.39 is 90.4 Å². The maximum atomic E-state index is 13.4. The molecule has 0 atom stereocenters. The third-order valence-electron chi connectivity index (χ3n) is 9.85. The van der Waals surface area contributed by atoms with Gasteiger partial charge in [-0.2, -0.15) is 26.3 Å². The standard InChI is InChI=1S/C23H21F3N2O4S.C16H15BrF3NO2S.C7H6ClNO2.C2H6.B2H4O4.ClH/c1-22(2,28-33(30,31)20-10-5-4-9-19(20)23(24,25)26)16-8-6-7-15(13-16)17-11-12-27-14-18(17)21(29)32-3;1-15(2,11-6-5-7-12(17)10-11)21-24(22,23)14-9-4-3-8-13(14)16(18,19)20;1-11-7(10)5-4-9-3-2-6(5)8;1-2;3-1(4)2(5)6;/h4-14,28H,1-3H3;3-10,21H,1-2H3;2-4H,1H3;1-2H3;3-6H;1H. The van der Waals surface area contributed by atoms with Crippen molar-refractivity contribution in [3.05, 3.63) is 177 Å². The number of alkyl halides is 6. The summed E-state index contributed by atoms with van der Waals surface area (Å²) in [6, 6.07) is 24.8. The average molecular weight is 1230 g/mol. The van der Waals surface area contributed by atoms with Crippen molar-refractivity contribution >= 4 is 85.9 Å². The highest BCUT2D eigenvalue weighted by molar-refractivity contribution is 9.10. The van der Waals surface area contributed by atoms with Gasteiger partial charge in [0.25, 0.3) is 0 Å². The Hall–Kier alpha value is -5.45. The number of carbonyl (C=O) groups is 2.